The van der Waals surface area contributed by atoms with Crippen LogP contribution in [0.15, 0.2) is 54.9 Å². The van der Waals surface area contributed by atoms with Crippen LogP contribution in [0.1, 0.15) is 21.6 Å². The Kier molecular flexibility index (Phi) is 4.72. The zero-order chi connectivity index (χ0) is 19.3. The Hall–Kier alpha value is -4.12. The van der Waals surface area contributed by atoms with Crippen LogP contribution in [0.5, 0.6) is 11.5 Å². The smallest absolute Gasteiger partial charge is 0.274 e. The molecule has 0 bridgehead atoms. The second kappa shape index (κ2) is 7.63. The summed E-state index contributed by atoms with van der Waals surface area (Å²) in [6.45, 7) is 0.720. The molecule has 1 aromatic heterocycles. The third kappa shape index (κ3) is 3.68. The highest BCUT2D eigenvalue weighted by molar-refractivity contribution is 6.03. The van der Waals surface area contributed by atoms with Crippen LogP contribution in [0.25, 0.3) is 0 Å². The van der Waals surface area contributed by atoms with E-state index in [0.29, 0.717) is 29.4 Å². The largest absolute Gasteiger partial charge is 0.454 e. The molecule has 4 rings (SSSR count). The first-order valence-electron chi connectivity index (χ1n) is 8.48. The average Bonchev–Trinajstić information content (AvgIpc) is 3.21. The van der Waals surface area contributed by atoms with E-state index < -0.39 is 5.91 Å². The van der Waals surface area contributed by atoms with Crippen molar-refractivity contribution in [1.82, 2.24) is 9.97 Å². The van der Waals surface area contributed by atoms with Crippen LogP contribution in [0.2, 0.25) is 0 Å². The van der Waals surface area contributed by atoms with Crippen molar-refractivity contribution < 1.29 is 14.3 Å². The molecule has 2 heterocycles. The van der Waals surface area contributed by atoms with E-state index in [9.17, 15) is 4.79 Å². The Balaban J connectivity index is 1.44. The number of anilines is 2. The third-order valence-electron chi connectivity index (χ3n) is 4.11. The summed E-state index contributed by atoms with van der Waals surface area (Å²) in [6.07, 6.45) is 1.31. The Morgan fingerprint density at radius 1 is 1.11 bits per heavy atom. The van der Waals surface area contributed by atoms with Gasteiger partial charge in [-0.05, 0) is 29.8 Å². The molecule has 28 heavy (non-hydrogen) atoms. The van der Waals surface area contributed by atoms with Crippen molar-refractivity contribution in [2.24, 2.45) is 0 Å². The lowest BCUT2D eigenvalue weighted by molar-refractivity contribution is 0.102. The Bertz CT molecular complexity index is 1080. The quantitative estimate of drug-likeness (QED) is 0.707. The van der Waals surface area contributed by atoms with Gasteiger partial charge in [-0.25, -0.2) is 9.97 Å². The number of carbonyl (C=O) groups excluding carboxylic acids is 1. The number of rotatable bonds is 5. The molecule has 0 fully saturated rings. The lowest BCUT2D eigenvalue weighted by Crippen LogP contribution is -2.15. The topological polar surface area (TPSA) is 109 Å². The minimum Gasteiger partial charge on any atom is -0.454 e. The maximum absolute atomic E-state index is 12.5. The molecule has 2 N–H and O–H groups in total. The zero-order valence-electron chi connectivity index (χ0n) is 14.7. The highest BCUT2D eigenvalue weighted by Gasteiger charge is 2.14. The minimum atomic E-state index is -0.420. The summed E-state index contributed by atoms with van der Waals surface area (Å²) in [7, 11) is 0. The fourth-order valence-electron chi connectivity index (χ4n) is 2.70. The van der Waals surface area contributed by atoms with Gasteiger partial charge in [-0.2, -0.15) is 5.26 Å². The standard InChI is InChI=1S/C20H15N5O3/c21-9-14-3-1-2-4-15(14)25-20(26)16-8-19(24-11-23-16)22-10-13-5-6-17-18(7-13)28-12-27-17/h1-8,11H,10,12H2,(H,25,26)(H,22,23,24). The van der Waals surface area contributed by atoms with Crippen molar-refractivity contribution in [2.45, 2.75) is 6.54 Å². The number of aromatic nitrogens is 2. The number of nitrogens with zero attached hydrogens (tertiary/aromatic N) is 3. The molecule has 1 amide bonds. The van der Waals surface area contributed by atoms with Gasteiger partial charge >= 0.3 is 0 Å². The highest BCUT2D eigenvalue weighted by Crippen LogP contribution is 2.32. The molecule has 8 heteroatoms. The SMILES string of the molecule is N#Cc1ccccc1NC(=O)c1cc(NCc2ccc3c(c2)OCO3)ncn1. The fraction of sp³-hybridized carbons (Fsp3) is 0.100. The summed E-state index contributed by atoms with van der Waals surface area (Å²) in [5.74, 6) is 1.52. The first-order valence-corrected chi connectivity index (χ1v) is 8.48. The molecule has 138 valence electrons. The maximum Gasteiger partial charge on any atom is 0.274 e. The first kappa shape index (κ1) is 17.3. The van der Waals surface area contributed by atoms with Gasteiger partial charge in [-0.15, -0.1) is 0 Å². The zero-order valence-corrected chi connectivity index (χ0v) is 14.7. The van der Waals surface area contributed by atoms with Gasteiger partial charge in [0.05, 0.1) is 11.3 Å². The van der Waals surface area contributed by atoms with E-state index in [0.717, 1.165) is 11.3 Å². The van der Waals surface area contributed by atoms with Crippen LogP contribution in [0.3, 0.4) is 0 Å². The molecule has 0 saturated heterocycles. The minimum absolute atomic E-state index is 0.191. The van der Waals surface area contributed by atoms with E-state index >= 15 is 0 Å². The normalized spacial score (nSPS) is 11.5. The third-order valence-corrected chi connectivity index (χ3v) is 4.11. The number of para-hydroxylation sites is 1. The predicted octanol–water partition coefficient (Wildman–Crippen LogP) is 2.94. The van der Waals surface area contributed by atoms with Crippen molar-refractivity contribution in [3.8, 4) is 17.6 Å². The lowest BCUT2D eigenvalue weighted by atomic mass is 10.2. The summed E-state index contributed by atoms with van der Waals surface area (Å²) in [4.78, 5) is 20.6. The van der Waals surface area contributed by atoms with E-state index in [-0.39, 0.29) is 12.5 Å². The molecule has 0 saturated carbocycles. The number of fused-ring (bicyclic) bond motifs is 1. The molecule has 3 aromatic rings. The Labute approximate surface area is 160 Å². The second-order valence-corrected chi connectivity index (χ2v) is 5.94. The second-order valence-electron chi connectivity index (χ2n) is 5.94. The molecule has 8 nitrogen and oxygen atoms in total. The van der Waals surface area contributed by atoms with Gasteiger partial charge in [0.25, 0.3) is 5.91 Å². The van der Waals surface area contributed by atoms with Crippen molar-refractivity contribution >= 4 is 17.4 Å². The molecule has 0 atom stereocenters. The molecular formula is C20H15N5O3. The molecule has 0 unspecified atom stereocenters. The molecule has 0 radical (unpaired) electrons. The molecule has 1 aliphatic rings. The van der Waals surface area contributed by atoms with Crippen LogP contribution in [0, 0.1) is 11.3 Å². The molecule has 0 aliphatic carbocycles. The maximum atomic E-state index is 12.5. The van der Waals surface area contributed by atoms with E-state index in [1.54, 1.807) is 30.3 Å². The monoisotopic (exact) mass is 373 g/mol. The summed E-state index contributed by atoms with van der Waals surface area (Å²) >= 11 is 0. The van der Waals surface area contributed by atoms with Gasteiger partial charge in [0, 0.05) is 12.6 Å². The number of benzene rings is 2. The van der Waals surface area contributed by atoms with Crippen molar-refractivity contribution in [3.05, 3.63) is 71.7 Å². The number of hydrogen-bond donors (Lipinski definition) is 2. The van der Waals surface area contributed by atoms with Gasteiger partial charge in [0.2, 0.25) is 6.79 Å². The summed E-state index contributed by atoms with van der Waals surface area (Å²) < 4.78 is 10.7. The van der Waals surface area contributed by atoms with Crippen LogP contribution < -0.4 is 20.1 Å². The van der Waals surface area contributed by atoms with E-state index in [2.05, 4.69) is 20.6 Å². The van der Waals surface area contributed by atoms with E-state index in [4.69, 9.17) is 14.7 Å². The van der Waals surface area contributed by atoms with Crippen LogP contribution >= 0.6 is 0 Å². The lowest BCUT2D eigenvalue weighted by Gasteiger charge is -2.09. The number of nitriles is 1. The average molecular weight is 373 g/mol. The summed E-state index contributed by atoms with van der Waals surface area (Å²) in [5.41, 5.74) is 1.99. The van der Waals surface area contributed by atoms with Gasteiger partial charge in [-0.3, -0.25) is 4.79 Å². The van der Waals surface area contributed by atoms with E-state index in [1.165, 1.54) is 6.33 Å². The van der Waals surface area contributed by atoms with Gasteiger partial charge in [-0.1, -0.05) is 18.2 Å². The van der Waals surface area contributed by atoms with Gasteiger partial charge in [0.15, 0.2) is 11.5 Å². The van der Waals surface area contributed by atoms with Crippen LogP contribution in [-0.4, -0.2) is 22.7 Å². The Morgan fingerprint density at radius 3 is 2.86 bits per heavy atom. The van der Waals surface area contributed by atoms with Crippen molar-refractivity contribution in [1.29, 1.82) is 5.26 Å². The number of hydrogen-bond acceptors (Lipinski definition) is 7. The van der Waals surface area contributed by atoms with Gasteiger partial charge in [0.1, 0.15) is 23.9 Å². The molecule has 1 aliphatic heterocycles. The van der Waals surface area contributed by atoms with Crippen molar-refractivity contribution in [3.63, 3.8) is 0 Å². The predicted molar refractivity (Wildman–Crippen MR) is 101 cm³/mol. The van der Waals surface area contributed by atoms with Crippen LogP contribution in [-0.2, 0) is 6.54 Å². The molecule has 0 spiro atoms. The number of nitrogens with one attached hydrogen (secondary N) is 2. The van der Waals surface area contributed by atoms with E-state index in [1.807, 2.05) is 24.3 Å². The number of amides is 1. The van der Waals surface area contributed by atoms with Crippen LogP contribution in [0.4, 0.5) is 11.5 Å². The van der Waals surface area contributed by atoms with Crippen molar-refractivity contribution in [2.75, 3.05) is 17.4 Å². The number of ether oxygens (including phenoxy) is 2. The highest BCUT2D eigenvalue weighted by atomic mass is 16.7. The molecule has 2 aromatic carbocycles. The molecular weight excluding hydrogens is 358 g/mol. The van der Waals surface area contributed by atoms with Gasteiger partial charge < -0.3 is 20.1 Å². The Morgan fingerprint density at radius 2 is 1.96 bits per heavy atom. The first-order chi connectivity index (χ1) is 13.7. The fourth-order valence-corrected chi connectivity index (χ4v) is 2.70. The summed E-state index contributed by atoms with van der Waals surface area (Å²) in [5, 5.41) is 15.0. The summed E-state index contributed by atoms with van der Waals surface area (Å²) in [6, 6.07) is 16.0. The number of carbonyl (C=O) groups is 1.